The van der Waals surface area contributed by atoms with Crippen LogP contribution in [0.2, 0.25) is 0 Å². The van der Waals surface area contributed by atoms with E-state index in [1.165, 1.54) is 27.7 Å². The van der Waals surface area contributed by atoms with Crippen molar-refractivity contribution in [3.05, 3.63) is 0 Å². The Labute approximate surface area is 96.3 Å². The van der Waals surface area contributed by atoms with Crippen molar-refractivity contribution in [3.8, 4) is 0 Å². The van der Waals surface area contributed by atoms with Gasteiger partial charge in [0.15, 0.2) is 4.75 Å². The van der Waals surface area contributed by atoms with Crippen molar-refractivity contribution < 1.29 is 21.4 Å². The van der Waals surface area contributed by atoms with Gasteiger partial charge in [0.05, 0.1) is 7.11 Å². The van der Waals surface area contributed by atoms with Crippen LogP contribution >= 0.6 is 0 Å². The largest absolute Gasteiger partial charge is 0.278 e. The summed E-state index contributed by atoms with van der Waals surface area (Å²) in [5, 5.41) is 0. The van der Waals surface area contributed by atoms with Crippen molar-refractivity contribution in [1.82, 2.24) is 0 Å². The van der Waals surface area contributed by atoms with Crippen LogP contribution in [0.4, 0.5) is 8.78 Å². The molecule has 0 aliphatic carbocycles. The lowest BCUT2D eigenvalue weighted by Crippen LogP contribution is -2.58. The molecule has 0 amide bonds. The number of rotatable bonds is 4. The summed E-state index contributed by atoms with van der Waals surface area (Å²) in [6, 6.07) is 0. The second-order valence-electron chi connectivity index (χ2n) is 5.03. The Kier molecular flexibility index (Phi) is 4.16. The number of hydrogen-bond acceptors (Lipinski definition) is 3. The molecule has 0 aliphatic heterocycles. The molecule has 0 aliphatic rings. The summed E-state index contributed by atoms with van der Waals surface area (Å²) >= 11 is 0. The van der Waals surface area contributed by atoms with Gasteiger partial charge >= 0.3 is 0 Å². The van der Waals surface area contributed by atoms with Crippen molar-refractivity contribution in [2.75, 3.05) is 7.11 Å². The van der Waals surface area contributed by atoms with Gasteiger partial charge in [-0.25, -0.2) is 8.78 Å². The Morgan fingerprint density at radius 3 is 1.69 bits per heavy atom. The molecule has 0 aromatic carbocycles. The Bertz CT molecular complexity index is 344. The van der Waals surface area contributed by atoms with Gasteiger partial charge in [0.2, 0.25) is 0 Å². The molecular weight excluding hydrogens is 238 g/mol. The topological polar surface area (TPSA) is 43.4 Å². The molecule has 1 atom stereocenters. The van der Waals surface area contributed by atoms with Gasteiger partial charge in [-0.1, -0.05) is 27.7 Å². The Hall–Kier alpha value is -0.230. The molecule has 0 heterocycles. The Morgan fingerprint density at radius 2 is 1.50 bits per heavy atom. The highest BCUT2D eigenvalue weighted by atomic mass is 32.2. The van der Waals surface area contributed by atoms with Gasteiger partial charge < -0.3 is 0 Å². The predicted molar refractivity (Wildman–Crippen MR) is 59.0 cm³/mol. The molecule has 0 saturated heterocycles. The number of alkyl halides is 2. The molecule has 0 aromatic rings. The molecule has 0 N–H and O–H groups in total. The van der Waals surface area contributed by atoms with Crippen molar-refractivity contribution in [2.45, 2.75) is 51.7 Å². The van der Waals surface area contributed by atoms with E-state index in [2.05, 4.69) is 4.18 Å². The minimum atomic E-state index is -4.30. The molecule has 0 bridgehead atoms. The summed E-state index contributed by atoms with van der Waals surface area (Å²) in [6.45, 7) is 6.37. The predicted octanol–water partition coefficient (Wildman–Crippen LogP) is 2.81. The van der Waals surface area contributed by atoms with E-state index in [4.69, 9.17) is 0 Å². The lowest BCUT2D eigenvalue weighted by molar-refractivity contribution is -0.128. The summed E-state index contributed by atoms with van der Waals surface area (Å²) in [4.78, 5) is 0. The van der Waals surface area contributed by atoms with Crippen LogP contribution in [-0.4, -0.2) is 26.2 Å². The highest BCUT2D eigenvalue weighted by Crippen LogP contribution is 2.49. The summed E-state index contributed by atoms with van der Waals surface area (Å²) in [5.41, 5.74) is -1.46. The van der Waals surface area contributed by atoms with Crippen LogP contribution in [0, 0.1) is 5.41 Å². The molecule has 1 unspecified atom stereocenters. The summed E-state index contributed by atoms with van der Waals surface area (Å²) in [6.07, 6.45) is -0.215. The van der Waals surface area contributed by atoms with E-state index in [1.54, 1.807) is 0 Å². The SMILES string of the molecule is CCC(C)(C(F)(F)C(C)(C)C)S(=O)(=O)OC. The molecule has 0 saturated carbocycles. The average Bonchev–Trinajstić information content (AvgIpc) is 2.14. The number of hydrogen-bond donors (Lipinski definition) is 0. The fourth-order valence-electron chi connectivity index (χ4n) is 1.53. The summed E-state index contributed by atoms with van der Waals surface area (Å²) < 4.78 is 53.7. The molecule has 98 valence electrons. The normalized spacial score (nSPS) is 18.2. The molecule has 0 fully saturated rings. The van der Waals surface area contributed by atoms with Gasteiger partial charge in [-0.2, -0.15) is 8.42 Å². The molecule has 16 heavy (non-hydrogen) atoms. The first-order chi connectivity index (χ1) is 6.87. The van der Waals surface area contributed by atoms with Crippen LogP contribution in [-0.2, 0) is 14.3 Å². The minimum absolute atomic E-state index is 0.215. The molecule has 0 rings (SSSR count). The average molecular weight is 258 g/mol. The van der Waals surface area contributed by atoms with E-state index < -0.39 is 26.2 Å². The Morgan fingerprint density at radius 1 is 1.12 bits per heavy atom. The molecule has 0 spiro atoms. The first-order valence-corrected chi connectivity index (χ1v) is 6.46. The van der Waals surface area contributed by atoms with E-state index in [9.17, 15) is 17.2 Å². The monoisotopic (exact) mass is 258 g/mol. The fraction of sp³-hybridized carbons (Fsp3) is 1.00. The van der Waals surface area contributed by atoms with E-state index >= 15 is 0 Å². The quantitative estimate of drug-likeness (QED) is 0.728. The highest BCUT2D eigenvalue weighted by molar-refractivity contribution is 7.88. The van der Waals surface area contributed by atoms with Crippen molar-refractivity contribution in [1.29, 1.82) is 0 Å². The van der Waals surface area contributed by atoms with E-state index in [0.717, 1.165) is 14.0 Å². The van der Waals surface area contributed by atoms with Crippen LogP contribution < -0.4 is 0 Å². The Balaban J connectivity index is 5.80. The third kappa shape index (κ3) is 2.09. The lowest BCUT2D eigenvalue weighted by atomic mass is 9.79. The van der Waals surface area contributed by atoms with E-state index in [-0.39, 0.29) is 6.42 Å². The molecule has 6 heteroatoms. The summed E-state index contributed by atoms with van der Waals surface area (Å²) in [5.74, 6) is -3.39. The first kappa shape index (κ1) is 15.8. The van der Waals surface area contributed by atoms with E-state index in [1.807, 2.05) is 0 Å². The first-order valence-electron chi connectivity index (χ1n) is 5.05. The van der Waals surface area contributed by atoms with Crippen LogP contribution in [0.5, 0.6) is 0 Å². The van der Waals surface area contributed by atoms with Crippen molar-refractivity contribution in [2.24, 2.45) is 5.41 Å². The van der Waals surface area contributed by atoms with Gasteiger partial charge in [-0.05, 0) is 13.3 Å². The van der Waals surface area contributed by atoms with E-state index in [0.29, 0.717) is 0 Å². The maximum atomic E-state index is 14.2. The zero-order chi connectivity index (χ0) is 13.4. The molecule has 3 nitrogen and oxygen atoms in total. The minimum Gasteiger partial charge on any atom is -0.273 e. The van der Waals surface area contributed by atoms with Gasteiger partial charge in [-0.15, -0.1) is 0 Å². The number of halogens is 2. The van der Waals surface area contributed by atoms with Gasteiger partial charge in [0.1, 0.15) is 0 Å². The molecule has 0 radical (unpaired) electrons. The summed E-state index contributed by atoms with van der Waals surface area (Å²) in [7, 11) is -3.40. The van der Waals surface area contributed by atoms with Crippen molar-refractivity contribution in [3.63, 3.8) is 0 Å². The fourth-order valence-corrected chi connectivity index (χ4v) is 2.87. The second-order valence-corrected chi connectivity index (χ2v) is 7.17. The van der Waals surface area contributed by atoms with Crippen LogP contribution in [0.15, 0.2) is 0 Å². The molecule has 0 aromatic heterocycles. The van der Waals surface area contributed by atoms with Crippen LogP contribution in [0.3, 0.4) is 0 Å². The smallest absolute Gasteiger partial charge is 0.273 e. The highest BCUT2D eigenvalue weighted by Gasteiger charge is 2.63. The zero-order valence-electron chi connectivity index (χ0n) is 10.6. The van der Waals surface area contributed by atoms with Crippen LogP contribution in [0.1, 0.15) is 41.0 Å². The second kappa shape index (κ2) is 4.22. The maximum Gasteiger partial charge on any atom is 0.278 e. The van der Waals surface area contributed by atoms with Gasteiger partial charge in [0.25, 0.3) is 16.0 Å². The van der Waals surface area contributed by atoms with Gasteiger partial charge in [0, 0.05) is 5.41 Å². The standard InChI is InChI=1S/C10H20F2O3S/c1-7-9(5,16(13,14)15-6)10(11,12)8(2,3)4/h7H2,1-6H3. The third-order valence-electron chi connectivity index (χ3n) is 3.05. The van der Waals surface area contributed by atoms with Crippen LogP contribution in [0.25, 0.3) is 0 Å². The zero-order valence-corrected chi connectivity index (χ0v) is 11.4. The maximum absolute atomic E-state index is 14.2. The van der Waals surface area contributed by atoms with Gasteiger partial charge in [-0.3, -0.25) is 4.18 Å². The van der Waals surface area contributed by atoms with Crippen molar-refractivity contribution >= 4 is 10.1 Å². The molecular formula is C10H20F2O3S. The third-order valence-corrected chi connectivity index (χ3v) is 5.14. The lowest BCUT2D eigenvalue weighted by Gasteiger charge is -2.42.